The van der Waals surface area contributed by atoms with Crippen LogP contribution in [-0.2, 0) is 6.18 Å². The molecular weight excluding hydrogens is 291 g/mol. The summed E-state index contributed by atoms with van der Waals surface area (Å²) in [4.78, 5) is 6.11. The van der Waals surface area contributed by atoms with Gasteiger partial charge >= 0.3 is 6.18 Å². The van der Waals surface area contributed by atoms with Crippen molar-refractivity contribution in [2.24, 2.45) is 5.92 Å². The number of benzene rings is 1. The van der Waals surface area contributed by atoms with Gasteiger partial charge in [-0.05, 0) is 37.2 Å². The Morgan fingerprint density at radius 3 is 2.64 bits per heavy atom. The maximum Gasteiger partial charge on any atom is 0.418 e. The molecule has 1 saturated heterocycles. The Balaban J connectivity index is 2.09. The first kappa shape index (κ1) is 15.1. The van der Waals surface area contributed by atoms with E-state index in [4.69, 9.17) is 0 Å². The fourth-order valence-corrected chi connectivity index (χ4v) is 3.20. The summed E-state index contributed by atoms with van der Waals surface area (Å²) in [6, 6.07) is 6.44. The first-order valence-corrected chi connectivity index (χ1v) is 7.29. The number of pyridine rings is 1. The van der Waals surface area contributed by atoms with Crippen molar-refractivity contribution in [2.75, 3.05) is 25.0 Å². The minimum atomic E-state index is -4.39. The second-order valence-corrected chi connectivity index (χ2v) is 5.81. The van der Waals surface area contributed by atoms with Gasteiger partial charge in [-0.25, -0.2) is 0 Å². The van der Waals surface area contributed by atoms with Crippen molar-refractivity contribution in [3.8, 4) is 0 Å². The van der Waals surface area contributed by atoms with Gasteiger partial charge in [0.05, 0.1) is 11.1 Å². The molecular formula is C16H18F3N3. The molecule has 0 aliphatic carbocycles. The molecule has 0 amide bonds. The Labute approximate surface area is 127 Å². The maximum absolute atomic E-state index is 13.1. The fourth-order valence-electron chi connectivity index (χ4n) is 3.20. The molecule has 22 heavy (non-hydrogen) atoms. The van der Waals surface area contributed by atoms with Crippen LogP contribution >= 0.6 is 0 Å². The van der Waals surface area contributed by atoms with E-state index in [1.807, 2.05) is 7.05 Å². The van der Waals surface area contributed by atoms with Crippen molar-refractivity contribution >= 4 is 16.6 Å². The van der Waals surface area contributed by atoms with Gasteiger partial charge in [0, 0.05) is 36.4 Å². The first-order valence-electron chi connectivity index (χ1n) is 7.29. The molecule has 0 spiro atoms. The topological polar surface area (TPSA) is 28.2 Å². The highest BCUT2D eigenvalue weighted by Crippen LogP contribution is 2.38. The molecule has 2 unspecified atom stereocenters. The number of halogens is 3. The van der Waals surface area contributed by atoms with Crippen molar-refractivity contribution in [2.45, 2.75) is 19.1 Å². The number of likely N-dealkylation sites (N-methyl/N-ethyl adjacent to an activating group) is 1. The lowest BCUT2D eigenvalue weighted by Crippen LogP contribution is -2.32. The molecule has 1 aliphatic rings. The second-order valence-electron chi connectivity index (χ2n) is 5.81. The van der Waals surface area contributed by atoms with Crippen LogP contribution in [-0.4, -0.2) is 31.2 Å². The average Bonchev–Trinajstić information content (AvgIpc) is 2.86. The van der Waals surface area contributed by atoms with Crippen LogP contribution in [0.15, 0.2) is 30.5 Å². The van der Waals surface area contributed by atoms with Crippen LogP contribution in [0.1, 0.15) is 12.5 Å². The molecule has 1 fully saturated rings. The van der Waals surface area contributed by atoms with E-state index in [2.05, 4.69) is 22.1 Å². The van der Waals surface area contributed by atoms with Crippen LogP contribution < -0.4 is 10.2 Å². The Bertz CT molecular complexity index is 684. The molecule has 2 heterocycles. The zero-order valence-corrected chi connectivity index (χ0v) is 12.5. The third-order valence-corrected chi connectivity index (χ3v) is 4.38. The van der Waals surface area contributed by atoms with E-state index < -0.39 is 11.7 Å². The first-order chi connectivity index (χ1) is 10.4. The largest absolute Gasteiger partial charge is 0.418 e. The Kier molecular flexibility index (Phi) is 3.72. The third-order valence-electron chi connectivity index (χ3n) is 4.38. The van der Waals surface area contributed by atoms with E-state index in [-0.39, 0.29) is 5.52 Å². The number of anilines is 1. The number of nitrogens with zero attached hydrogens (tertiary/aromatic N) is 2. The number of hydrogen-bond donors (Lipinski definition) is 1. The summed E-state index contributed by atoms with van der Waals surface area (Å²) >= 11 is 0. The molecule has 3 nitrogen and oxygen atoms in total. The van der Waals surface area contributed by atoms with Gasteiger partial charge in [-0.2, -0.15) is 13.2 Å². The van der Waals surface area contributed by atoms with Crippen molar-refractivity contribution in [3.05, 3.63) is 36.0 Å². The Morgan fingerprint density at radius 1 is 1.23 bits per heavy atom. The average molecular weight is 309 g/mol. The summed E-state index contributed by atoms with van der Waals surface area (Å²) in [5.74, 6) is 0.444. The van der Waals surface area contributed by atoms with Gasteiger partial charge in [-0.1, -0.05) is 6.92 Å². The van der Waals surface area contributed by atoms with E-state index in [0.29, 0.717) is 17.3 Å². The van der Waals surface area contributed by atoms with Crippen molar-refractivity contribution < 1.29 is 13.2 Å². The summed E-state index contributed by atoms with van der Waals surface area (Å²) in [5, 5.41) is 3.82. The van der Waals surface area contributed by atoms with Crippen molar-refractivity contribution in [1.29, 1.82) is 0 Å². The van der Waals surface area contributed by atoms with E-state index in [9.17, 15) is 13.2 Å². The summed E-state index contributed by atoms with van der Waals surface area (Å²) in [6.45, 7) is 3.75. The molecule has 1 aliphatic heterocycles. The maximum atomic E-state index is 13.1. The van der Waals surface area contributed by atoms with Crippen LogP contribution in [0.5, 0.6) is 0 Å². The molecule has 2 atom stereocenters. The number of fused-ring (bicyclic) bond motifs is 1. The highest BCUT2D eigenvalue weighted by molar-refractivity contribution is 5.94. The molecule has 118 valence electrons. The smallest absolute Gasteiger partial charge is 0.369 e. The number of hydrogen-bond acceptors (Lipinski definition) is 3. The summed E-state index contributed by atoms with van der Waals surface area (Å²) in [7, 11) is 1.91. The fraction of sp³-hybridized carbons (Fsp3) is 0.438. The van der Waals surface area contributed by atoms with Crippen molar-refractivity contribution in [1.82, 2.24) is 10.3 Å². The Hall–Kier alpha value is -1.82. The predicted octanol–water partition coefficient (Wildman–Crippen LogP) is 3.30. The molecule has 6 heteroatoms. The molecule has 0 saturated carbocycles. The molecule has 0 radical (unpaired) electrons. The van der Waals surface area contributed by atoms with E-state index in [1.165, 1.54) is 6.20 Å². The molecule has 2 aromatic rings. The zero-order chi connectivity index (χ0) is 15.9. The van der Waals surface area contributed by atoms with Gasteiger partial charge in [0.2, 0.25) is 0 Å². The van der Waals surface area contributed by atoms with Gasteiger partial charge in [0.1, 0.15) is 0 Å². The quantitative estimate of drug-likeness (QED) is 0.922. The predicted molar refractivity (Wildman–Crippen MR) is 81.0 cm³/mol. The van der Waals surface area contributed by atoms with E-state index in [0.717, 1.165) is 24.8 Å². The number of rotatable bonds is 2. The molecule has 0 bridgehead atoms. The lowest BCUT2D eigenvalue weighted by molar-refractivity contribution is -0.136. The molecule has 1 N–H and O–H groups in total. The third kappa shape index (κ3) is 2.52. The normalized spacial score (nSPS) is 22.5. The summed E-state index contributed by atoms with van der Waals surface area (Å²) < 4.78 is 39.4. The van der Waals surface area contributed by atoms with Crippen LogP contribution in [0.4, 0.5) is 18.9 Å². The van der Waals surface area contributed by atoms with Crippen molar-refractivity contribution in [3.63, 3.8) is 0 Å². The second kappa shape index (κ2) is 5.43. The van der Waals surface area contributed by atoms with Gasteiger partial charge < -0.3 is 10.2 Å². The molecule has 1 aromatic heterocycles. The van der Waals surface area contributed by atoms with Crippen LogP contribution in [0.25, 0.3) is 10.9 Å². The van der Waals surface area contributed by atoms with Crippen LogP contribution in [0.3, 0.4) is 0 Å². The Morgan fingerprint density at radius 2 is 2.00 bits per heavy atom. The van der Waals surface area contributed by atoms with Gasteiger partial charge in [-0.3, -0.25) is 4.98 Å². The minimum absolute atomic E-state index is 0.0214. The lowest BCUT2D eigenvalue weighted by Gasteiger charge is -2.22. The number of aromatic nitrogens is 1. The zero-order valence-electron chi connectivity index (χ0n) is 12.5. The van der Waals surface area contributed by atoms with E-state index >= 15 is 0 Å². The number of alkyl halides is 3. The van der Waals surface area contributed by atoms with Gasteiger partial charge in [0.25, 0.3) is 0 Å². The monoisotopic (exact) mass is 309 g/mol. The van der Waals surface area contributed by atoms with Crippen LogP contribution in [0.2, 0.25) is 0 Å². The molecule has 1 aromatic carbocycles. The highest BCUT2D eigenvalue weighted by Gasteiger charge is 2.35. The minimum Gasteiger partial charge on any atom is -0.369 e. The SMILES string of the molecule is CNC1CN(c2ccc(C(F)(F)F)c3ncccc23)CC1C. The highest BCUT2D eigenvalue weighted by atomic mass is 19.4. The summed E-state index contributed by atoms with van der Waals surface area (Å²) in [6.07, 6.45) is -2.98. The van der Waals surface area contributed by atoms with Gasteiger partial charge in [-0.15, -0.1) is 0 Å². The van der Waals surface area contributed by atoms with E-state index in [1.54, 1.807) is 18.2 Å². The van der Waals surface area contributed by atoms with Crippen LogP contribution in [0, 0.1) is 5.92 Å². The number of nitrogens with one attached hydrogen (secondary N) is 1. The van der Waals surface area contributed by atoms with Gasteiger partial charge in [0.15, 0.2) is 0 Å². The summed E-state index contributed by atoms with van der Waals surface area (Å²) in [5.41, 5.74) is 0.165. The molecule has 3 rings (SSSR count). The standard InChI is InChI=1S/C16H18F3N3/c1-10-8-22(9-13(10)20-2)14-6-5-12(16(17,18)19)15-11(14)4-3-7-21-15/h3-7,10,13,20H,8-9H2,1-2H3. The lowest BCUT2D eigenvalue weighted by atomic mass is 10.1.